The first-order chi connectivity index (χ1) is 7.86. The van der Waals surface area contributed by atoms with Crippen LogP contribution in [0.5, 0.6) is 11.5 Å². The molecule has 0 saturated carbocycles. The molecule has 1 atom stereocenters. The molecule has 0 spiro atoms. The Morgan fingerprint density at radius 2 is 1.88 bits per heavy atom. The van der Waals surface area contributed by atoms with Crippen molar-refractivity contribution in [1.29, 1.82) is 0 Å². The Morgan fingerprint density at radius 3 is 2.35 bits per heavy atom. The summed E-state index contributed by atoms with van der Waals surface area (Å²) in [6.45, 7) is 2.26. The predicted octanol–water partition coefficient (Wildman–Crippen LogP) is 1.79. The Bertz CT molecular complexity index is 331. The summed E-state index contributed by atoms with van der Waals surface area (Å²) in [5, 5.41) is 3.40. The van der Waals surface area contributed by atoms with Gasteiger partial charge in [0.1, 0.15) is 11.5 Å². The highest BCUT2D eigenvalue weighted by Gasteiger charge is 2.22. The predicted molar refractivity (Wildman–Crippen MR) is 68.4 cm³/mol. The highest BCUT2D eigenvalue weighted by atomic mass is 35.5. The van der Waals surface area contributed by atoms with E-state index in [-0.39, 0.29) is 18.4 Å². The van der Waals surface area contributed by atoms with Gasteiger partial charge in [-0.25, -0.2) is 0 Å². The second-order valence-electron chi connectivity index (χ2n) is 3.66. The van der Waals surface area contributed by atoms with Crippen molar-refractivity contribution in [2.45, 2.75) is 6.04 Å². The lowest BCUT2D eigenvalue weighted by Crippen LogP contribution is -2.35. The van der Waals surface area contributed by atoms with Crippen LogP contribution in [0, 0.1) is 0 Å². The van der Waals surface area contributed by atoms with E-state index in [1.54, 1.807) is 14.2 Å². The Labute approximate surface area is 108 Å². The van der Waals surface area contributed by atoms with Gasteiger partial charge in [0.05, 0.1) is 39.0 Å². The number of rotatable bonds is 3. The first kappa shape index (κ1) is 14.1. The molecular formula is C12H18ClNO3. The summed E-state index contributed by atoms with van der Waals surface area (Å²) in [6, 6.07) is 5.94. The second-order valence-corrected chi connectivity index (χ2v) is 3.66. The highest BCUT2D eigenvalue weighted by Crippen LogP contribution is 2.34. The topological polar surface area (TPSA) is 39.7 Å². The van der Waals surface area contributed by atoms with E-state index in [1.807, 2.05) is 18.2 Å². The Morgan fingerprint density at radius 1 is 1.24 bits per heavy atom. The summed E-state index contributed by atoms with van der Waals surface area (Å²) in [6.07, 6.45) is 0. The molecule has 17 heavy (non-hydrogen) atoms. The van der Waals surface area contributed by atoms with Crippen LogP contribution in [0.2, 0.25) is 0 Å². The number of nitrogens with one attached hydrogen (secondary N) is 1. The fourth-order valence-electron chi connectivity index (χ4n) is 1.97. The fourth-order valence-corrected chi connectivity index (χ4v) is 1.97. The molecule has 1 aliphatic rings. The zero-order valence-electron chi connectivity index (χ0n) is 10.1. The van der Waals surface area contributed by atoms with Crippen molar-refractivity contribution in [3.63, 3.8) is 0 Å². The molecule has 0 unspecified atom stereocenters. The molecule has 1 aromatic carbocycles. The van der Waals surface area contributed by atoms with Crippen molar-refractivity contribution in [2.24, 2.45) is 0 Å². The van der Waals surface area contributed by atoms with Gasteiger partial charge in [0, 0.05) is 6.54 Å². The van der Waals surface area contributed by atoms with Gasteiger partial charge in [-0.3, -0.25) is 0 Å². The lowest BCUT2D eigenvalue weighted by Gasteiger charge is -2.26. The van der Waals surface area contributed by atoms with Crippen molar-refractivity contribution in [3.8, 4) is 11.5 Å². The molecule has 1 heterocycles. The number of methoxy groups -OCH3 is 2. The van der Waals surface area contributed by atoms with Crippen molar-refractivity contribution < 1.29 is 14.2 Å². The molecular weight excluding hydrogens is 242 g/mol. The van der Waals surface area contributed by atoms with Crippen LogP contribution >= 0.6 is 12.4 Å². The van der Waals surface area contributed by atoms with Gasteiger partial charge >= 0.3 is 0 Å². The Kier molecular flexibility index (Phi) is 5.55. The number of halogens is 1. The highest BCUT2D eigenvalue weighted by molar-refractivity contribution is 5.85. The van der Waals surface area contributed by atoms with Crippen molar-refractivity contribution in [3.05, 3.63) is 23.8 Å². The maximum absolute atomic E-state index is 5.46. The molecule has 4 nitrogen and oxygen atoms in total. The van der Waals surface area contributed by atoms with Gasteiger partial charge < -0.3 is 19.5 Å². The van der Waals surface area contributed by atoms with Crippen LogP contribution in [0.3, 0.4) is 0 Å². The molecule has 0 amide bonds. The van der Waals surface area contributed by atoms with Crippen LogP contribution in [0.15, 0.2) is 18.2 Å². The fraction of sp³-hybridized carbons (Fsp3) is 0.500. The summed E-state index contributed by atoms with van der Waals surface area (Å²) >= 11 is 0. The first-order valence-corrected chi connectivity index (χ1v) is 5.39. The van der Waals surface area contributed by atoms with Crippen molar-refractivity contribution in [1.82, 2.24) is 5.32 Å². The minimum absolute atomic E-state index is 0. The van der Waals surface area contributed by atoms with Crippen LogP contribution in [-0.2, 0) is 4.74 Å². The molecule has 1 aliphatic heterocycles. The zero-order valence-corrected chi connectivity index (χ0v) is 10.9. The third kappa shape index (κ3) is 3.03. The number of hydrogen-bond acceptors (Lipinski definition) is 4. The van der Waals surface area contributed by atoms with E-state index in [0.717, 1.165) is 30.2 Å². The van der Waals surface area contributed by atoms with Gasteiger partial charge in [-0.2, -0.15) is 0 Å². The van der Waals surface area contributed by atoms with Gasteiger partial charge in [-0.05, 0) is 12.1 Å². The molecule has 1 fully saturated rings. The summed E-state index contributed by atoms with van der Waals surface area (Å²) in [4.78, 5) is 0. The molecule has 2 rings (SSSR count). The minimum Gasteiger partial charge on any atom is -0.496 e. The molecule has 0 aliphatic carbocycles. The monoisotopic (exact) mass is 259 g/mol. The third-order valence-corrected chi connectivity index (χ3v) is 2.74. The molecule has 1 N–H and O–H groups in total. The van der Waals surface area contributed by atoms with Crippen molar-refractivity contribution in [2.75, 3.05) is 34.0 Å². The SMILES string of the molecule is COc1cccc(OC)c1[C@@H]1COCCN1.Cl. The smallest absolute Gasteiger partial charge is 0.127 e. The third-order valence-electron chi connectivity index (χ3n) is 2.74. The van der Waals surface area contributed by atoms with E-state index in [0.29, 0.717) is 6.61 Å². The lowest BCUT2D eigenvalue weighted by atomic mass is 10.0. The second kappa shape index (κ2) is 6.69. The summed E-state index contributed by atoms with van der Waals surface area (Å²) in [5.74, 6) is 1.67. The van der Waals surface area contributed by atoms with Gasteiger partial charge in [-0.15, -0.1) is 12.4 Å². The normalized spacial score (nSPS) is 19.3. The average Bonchev–Trinajstić information content (AvgIpc) is 2.38. The van der Waals surface area contributed by atoms with Crippen molar-refractivity contribution >= 4 is 12.4 Å². The molecule has 5 heteroatoms. The number of benzene rings is 1. The molecule has 0 bridgehead atoms. The van der Waals surface area contributed by atoms with Gasteiger partial charge in [0.15, 0.2) is 0 Å². The molecule has 96 valence electrons. The van der Waals surface area contributed by atoms with E-state index in [2.05, 4.69) is 5.32 Å². The van der Waals surface area contributed by atoms with E-state index in [1.165, 1.54) is 0 Å². The maximum atomic E-state index is 5.46. The zero-order chi connectivity index (χ0) is 11.4. The summed E-state index contributed by atoms with van der Waals surface area (Å²) < 4.78 is 16.2. The number of ether oxygens (including phenoxy) is 3. The number of morpholine rings is 1. The molecule has 1 aromatic rings. The standard InChI is InChI=1S/C12H17NO3.ClH/c1-14-10-4-3-5-11(15-2)12(10)9-8-16-7-6-13-9;/h3-5,9,13H,6-8H2,1-2H3;1H/t9-;/m0./s1. The first-order valence-electron chi connectivity index (χ1n) is 5.39. The van der Waals surface area contributed by atoms with E-state index < -0.39 is 0 Å². The number of hydrogen-bond donors (Lipinski definition) is 1. The average molecular weight is 260 g/mol. The lowest BCUT2D eigenvalue weighted by molar-refractivity contribution is 0.0752. The van der Waals surface area contributed by atoms with E-state index in [9.17, 15) is 0 Å². The van der Waals surface area contributed by atoms with E-state index >= 15 is 0 Å². The van der Waals surface area contributed by atoms with Crippen LogP contribution in [-0.4, -0.2) is 34.0 Å². The minimum atomic E-state index is 0. The van der Waals surface area contributed by atoms with Crippen LogP contribution in [0.4, 0.5) is 0 Å². The maximum Gasteiger partial charge on any atom is 0.127 e. The summed E-state index contributed by atoms with van der Waals surface area (Å²) in [5.41, 5.74) is 1.03. The molecule has 1 saturated heterocycles. The van der Waals surface area contributed by atoms with Crippen LogP contribution in [0.25, 0.3) is 0 Å². The van der Waals surface area contributed by atoms with Crippen LogP contribution in [0.1, 0.15) is 11.6 Å². The van der Waals surface area contributed by atoms with Crippen LogP contribution < -0.4 is 14.8 Å². The Balaban J connectivity index is 0.00000144. The molecule has 0 radical (unpaired) electrons. The quantitative estimate of drug-likeness (QED) is 0.898. The largest absolute Gasteiger partial charge is 0.496 e. The van der Waals surface area contributed by atoms with Gasteiger partial charge in [-0.1, -0.05) is 6.07 Å². The van der Waals surface area contributed by atoms with Gasteiger partial charge in [0.25, 0.3) is 0 Å². The summed E-state index contributed by atoms with van der Waals surface area (Å²) in [7, 11) is 3.34. The Hall–Kier alpha value is -0.970. The van der Waals surface area contributed by atoms with E-state index in [4.69, 9.17) is 14.2 Å². The molecule has 0 aromatic heterocycles. The van der Waals surface area contributed by atoms with Gasteiger partial charge in [0.2, 0.25) is 0 Å².